The van der Waals surface area contributed by atoms with Gasteiger partial charge >= 0.3 is 0 Å². The van der Waals surface area contributed by atoms with Gasteiger partial charge in [0.25, 0.3) is 0 Å². The number of carbonyl (C=O) groups is 1. The number of aldehydes is 1. The third-order valence-corrected chi connectivity index (χ3v) is 10.9. The molecule has 2 heterocycles. The first-order chi connectivity index (χ1) is 20.0. The average Bonchev–Trinajstić information content (AvgIpc) is 3.32. The predicted molar refractivity (Wildman–Crippen MR) is 185 cm³/mol. The molecule has 42 heavy (non-hydrogen) atoms. The van der Waals surface area contributed by atoms with Crippen molar-refractivity contribution in [3.63, 3.8) is 0 Å². The highest BCUT2D eigenvalue weighted by molar-refractivity contribution is 9.11. The van der Waals surface area contributed by atoms with E-state index >= 15 is 0 Å². The molecule has 0 radical (unpaired) electrons. The Kier molecular flexibility index (Phi) is 14.8. The number of ether oxygens (including phenoxy) is 2. The van der Waals surface area contributed by atoms with Gasteiger partial charge in [0.1, 0.15) is 17.8 Å². The minimum atomic E-state index is -0.295. The van der Waals surface area contributed by atoms with Crippen LogP contribution in [0.15, 0.2) is 52.3 Å². The van der Waals surface area contributed by atoms with Gasteiger partial charge in [0.05, 0.1) is 24.1 Å². The number of hydrogen-bond acceptors (Lipinski definition) is 6. The Labute approximate surface area is 268 Å². The number of fused-ring (bicyclic) bond motifs is 2. The van der Waals surface area contributed by atoms with Crippen molar-refractivity contribution in [1.82, 2.24) is 0 Å². The van der Waals surface area contributed by atoms with Gasteiger partial charge in [-0.25, -0.2) is 0 Å². The van der Waals surface area contributed by atoms with E-state index in [9.17, 15) is 9.90 Å². The van der Waals surface area contributed by atoms with Crippen molar-refractivity contribution >= 4 is 65.1 Å². The monoisotopic (exact) mass is 674 g/mol. The third-order valence-electron chi connectivity index (χ3n) is 8.17. The highest BCUT2D eigenvalue weighted by Gasteiger charge is 2.23. The number of carbonyl (C=O) groups excluding carboxylic acids is 1. The Hall–Kier alpha value is -1.93. The zero-order chi connectivity index (χ0) is 29.0. The summed E-state index contributed by atoms with van der Waals surface area (Å²) in [4.78, 5) is 11.4. The summed E-state index contributed by atoms with van der Waals surface area (Å²) in [6.45, 7) is 0. The molecule has 2 saturated carbocycles. The first kappa shape index (κ1) is 34.6. The summed E-state index contributed by atoms with van der Waals surface area (Å²) in [5.74, 6) is 2.63. The van der Waals surface area contributed by atoms with E-state index in [0.29, 0.717) is 11.8 Å². The lowest BCUT2D eigenvalue weighted by Gasteiger charge is -2.19. The largest absolute Gasteiger partial charge is 0.497 e. The highest BCUT2D eigenvalue weighted by Crippen LogP contribution is 2.39. The molecule has 1 atom stereocenters. The molecule has 7 heteroatoms. The van der Waals surface area contributed by atoms with Crippen LogP contribution in [-0.4, -0.2) is 25.6 Å². The van der Waals surface area contributed by atoms with Crippen LogP contribution in [0, 0.1) is 11.8 Å². The van der Waals surface area contributed by atoms with Crippen LogP contribution in [0.2, 0.25) is 0 Å². The molecular formula is C35H47BrO4S2. The van der Waals surface area contributed by atoms with E-state index in [2.05, 4.69) is 46.3 Å². The summed E-state index contributed by atoms with van der Waals surface area (Å²) in [7, 11) is 3.37. The van der Waals surface area contributed by atoms with E-state index in [-0.39, 0.29) is 13.5 Å². The Morgan fingerprint density at radius 1 is 0.762 bits per heavy atom. The van der Waals surface area contributed by atoms with Gasteiger partial charge in [-0.3, -0.25) is 0 Å². The molecule has 2 fully saturated rings. The van der Waals surface area contributed by atoms with Crippen LogP contribution < -0.4 is 9.47 Å². The van der Waals surface area contributed by atoms with Crippen molar-refractivity contribution in [2.75, 3.05) is 14.2 Å². The number of benzene rings is 2. The lowest BCUT2D eigenvalue weighted by molar-refractivity contribution is -0.111. The average molecular weight is 676 g/mol. The lowest BCUT2D eigenvalue weighted by Crippen LogP contribution is -2.10. The van der Waals surface area contributed by atoms with E-state index in [0.717, 1.165) is 39.3 Å². The zero-order valence-corrected chi connectivity index (χ0v) is 27.5. The van der Waals surface area contributed by atoms with Crippen molar-refractivity contribution in [3.05, 3.63) is 57.2 Å². The maximum absolute atomic E-state index is 10.7. The van der Waals surface area contributed by atoms with Gasteiger partial charge in [-0.05, 0) is 107 Å². The molecule has 6 rings (SSSR count). The molecule has 230 valence electrons. The molecule has 0 aliphatic heterocycles. The third kappa shape index (κ3) is 10.1. The molecule has 2 aromatic carbocycles. The van der Waals surface area contributed by atoms with Gasteiger partial charge in [0.15, 0.2) is 0 Å². The SMILES string of the molecule is C.COc1ccc2cc(Br)sc2c1.COc1ccc2cc(C(O)C3CCCCCC3)sc2c1.O=CC1CCCCCC1. The van der Waals surface area contributed by atoms with E-state index in [4.69, 9.17) is 9.47 Å². The molecular weight excluding hydrogens is 628 g/mol. The quantitative estimate of drug-likeness (QED) is 0.169. The fraction of sp³-hybridized carbons (Fsp3) is 0.514. The summed E-state index contributed by atoms with van der Waals surface area (Å²) in [6, 6.07) is 16.5. The van der Waals surface area contributed by atoms with Crippen molar-refractivity contribution < 1.29 is 19.4 Å². The number of rotatable bonds is 5. The summed E-state index contributed by atoms with van der Waals surface area (Å²) in [5.41, 5.74) is 0. The Morgan fingerprint density at radius 3 is 1.79 bits per heavy atom. The van der Waals surface area contributed by atoms with Crippen LogP contribution in [0.1, 0.15) is 95.5 Å². The Bertz CT molecular complexity index is 1350. The molecule has 1 unspecified atom stereocenters. The van der Waals surface area contributed by atoms with Gasteiger partial charge in [0, 0.05) is 20.2 Å². The second kappa shape index (κ2) is 18.0. The standard InChI is InChI=1S/C17H22O2S.C9H7BrOS.C8H14O.CH4/c1-19-14-9-8-13-10-16(20-15(13)11-14)17(18)12-6-4-2-3-5-7-12;1-11-7-3-2-6-4-9(10)12-8(6)5-7;9-7-8-5-3-1-2-4-6-8;/h8-12,17-18H,2-7H2,1H3;2-5H,1H3;7-8H,1-6H2;1H4. The summed E-state index contributed by atoms with van der Waals surface area (Å²) < 4.78 is 14.0. The Morgan fingerprint density at radius 2 is 1.26 bits per heavy atom. The van der Waals surface area contributed by atoms with E-state index in [1.807, 2.05) is 18.2 Å². The first-order valence-electron chi connectivity index (χ1n) is 14.9. The molecule has 2 aromatic heterocycles. The summed E-state index contributed by atoms with van der Waals surface area (Å²) in [6.07, 6.45) is 15.8. The van der Waals surface area contributed by atoms with Crippen molar-refractivity contribution in [2.45, 2.75) is 90.6 Å². The maximum atomic E-state index is 10.7. The second-order valence-corrected chi connectivity index (χ2v) is 14.7. The van der Waals surface area contributed by atoms with Crippen LogP contribution in [-0.2, 0) is 4.79 Å². The number of hydrogen-bond donors (Lipinski definition) is 1. The van der Waals surface area contributed by atoms with Crippen LogP contribution in [0.5, 0.6) is 11.5 Å². The summed E-state index contributed by atoms with van der Waals surface area (Å²) >= 11 is 6.87. The first-order valence-corrected chi connectivity index (χ1v) is 17.4. The van der Waals surface area contributed by atoms with Gasteiger partial charge in [-0.2, -0.15) is 0 Å². The molecule has 0 spiro atoms. The van der Waals surface area contributed by atoms with Gasteiger partial charge in [-0.1, -0.05) is 58.8 Å². The number of halogens is 1. The molecule has 4 nitrogen and oxygen atoms in total. The normalized spacial score (nSPS) is 17.0. The molecule has 0 bridgehead atoms. The molecule has 0 amide bonds. The zero-order valence-electron chi connectivity index (χ0n) is 24.3. The number of aliphatic hydroxyl groups is 1. The summed E-state index contributed by atoms with van der Waals surface area (Å²) in [5, 5.41) is 13.1. The number of methoxy groups -OCH3 is 2. The molecule has 0 saturated heterocycles. The van der Waals surface area contributed by atoms with Crippen molar-refractivity contribution in [3.8, 4) is 11.5 Å². The number of thiophene rings is 2. The van der Waals surface area contributed by atoms with Crippen molar-refractivity contribution in [2.24, 2.45) is 11.8 Å². The predicted octanol–water partition coefficient (Wildman–Crippen LogP) is 11.4. The number of aliphatic hydroxyl groups excluding tert-OH is 1. The van der Waals surface area contributed by atoms with Gasteiger partial charge in [0.2, 0.25) is 0 Å². The minimum Gasteiger partial charge on any atom is -0.497 e. The topological polar surface area (TPSA) is 55.8 Å². The minimum absolute atomic E-state index is 0. The fourth-order valence-corrected chi connectivity index (χ4v) is 8.48. The van der Waals surface area contributed by atoms with E-state index in [1.165, 1.54) is 84.4 Å². The van der Waals surface area contributed by atoms with Crippen LogP contribution in [0.3, 0.4) is 0 Å². The van der Waals surface area contributed by atoms with Gasteiger partial charge in [-0.15, -0.1) is 22.7 Å². The van der Waals surface area contributed by atoms with E-state index < -0.39 is 0 Å². The Balaban J connectivity index is 0.000000188. The molecule has 4 aromatic rings. The van der Waals surface area contributed by atoms with Crippen LogP contribution >= 0.6 is 38.6 Å². The molecule has 2 aliphatic carbocycles. The smallest absolute Gasteiger partial charge is 0.123 e. The fourth-order valence-electron chi connectivity index (χ4n) is 5.72. The second-order valence-electron chi connectivity index (χ2n) is 11.1. The molecule has 2 aliphatic rings. The molecule has 1 N–H and O–H groups in total. The van der Waals surface area contributed by atoms with Crippen LogP contribution in [0.25, 0.3) is 20.2 Å². The van der Waals surface area contributed by atoms with Crippen molar-refractivity contribution in [1.29, 1.82) is 0 Å². The maximum Gasteiger partial charge on any atom is 0.123 e. The van der Waals surface area contributed by atoms with Gasteiger partial charge < -0.3 is 19.4 Å². The van der Waals surface area contributed by atoms with E-state index in [1.54, 1.807) is 36.9 Å². The lowest BCUT2D eigenvalue weighted by atomic mass is 9.93. The highest BCUT2D eigenvalue weighted by atomic mass is 79.9. The van der Waals surface area contributed by atoms with Crippen LogP contribution in [0.4, 0.5) is 0 Å².